The van der Waals surface area contributed by atoms with Gasteiger partial charge in [0.1, 0.15) is 0 Å². The third-order valence-electron chi connectivity index (χ3n) is 0.516. The van der Waals surface area contributed by atoms with Gasteiger partial charge in [0.2, 0.25) is 0 Å². The quantitative estimate of drug-likeness (QED) is 0.593. The molecule has 0 aliphatic carbocycles. The van der Waals surface area contributed by atoms with Gasteiger partial charge in [-0.15, -0.1) is 0 Å². The number of allylic oxidation sites excluding steroid dienone is 4. The van der Waals surface area contributed by atoms with E-state index < -0.39 is 0 Å². The Labute approximate surface area is 82.5 Å². The molecule has 3 heteroatoms. The number of rotatable bonds is 2. The van der Waals surface area contributed by atoms with Crippen molar-refractivity contribution < 1.29 is 0 Å². The first-order valence-corrected chi connectivity index (χ1v) is 3.71. The summed E-state index contributed by atoms with van der Waals surface area (Å²) in [6, 6.07) is 0. The summed E-state index contributed by atoms with van der Waals surface area (Å²) in [4.78, 5) is 0. The maximum atomic E-state index is 5.19. The molecule has 0 aliphatic rings. The van der Waals surface area contributed by atoms with Crippen LogP contribution >= 0.6 is 34.8 Å². The van der Waals surface area contributed by atoms with Crippen LogP contribution in [0.2, 0.25) is 0 Å². The van der Waals surface area contributed by atoms with E-state index in [0.29, 0.717) is 15.1 Å². The van der Waals surface area contributed by atoms with Crippen molar-refractivity contribution in [3.8, 4) is 0 Å². The predicted molar refractivity (Wildman–Crippen MR) is 55.2 cm³/mol. The van der Waals surface area contributed by atoms with Crippen LogP contribution in [-0.2, 0) is 0 Å². The molecular weight excluding hydrogens is 202 g/mol. The Morgan fingerprint density at radius 1 is 0.909 bits per heavy atom. The van der Waals surface area contributed by atoms with Crippen molar-refractivity contribution in [2.75, 3.05) is 0 Å². The molecule has 0 heterocycles. The van der Waals surface area contributed by atoms with Crippen LogP contribution in [0, 0.1) is 0 Å². The lowest BCUT2D eigenvalue weighted by Crippen LogP contribution is -1.57. The second kappa shape index (κ2) is 7.93. The molecule has 0 amide bonds. The molecule has 0 spiro atoms. The fourth-order valence-corrected chi connectivity index (χ4v) is 0. The molecule has 0 fully saturated rings. The van der Waals surface area contributed by atoms with E-state index in [0.717, 1.165) is 0 Å². The summed E-state index contributed by atoms with van der Waals surface area (Å²) in [6.07, 6.45) is 1.49. The average molecular weight is 212 g/mol. The van der Waals surface area contributed by atoms with Crippen molar-refractivity contribution >= 4 is 34.8 Å². The first-order chi connectivity index (χ1) is 4.91. The van der Waals surface area contributed by atoms with Gasteiger partial charge in [-0.3, -0.25) is 0 Å². The summed E-state index contributed by atoms with van der Waals surface area (Å²) in [5.74, 6) is 0. The number of hydrogen-bond donors (Lipinski definition) is 0. The van der Waals surface area contributed by atoms with Crippen molar-refractivity contribution in [3.63, 3.8) is 0 Å². The molecule has 0 aromatic rings. The fourth-order valence-electron chi connectivity index (χ4n) is 0. The van der Waals surface area contributed by atoms with Gasteiger partial charge in [-0.2, -0.15) is 0 Å². The van der Waals surface area contributed by atoms with Crippen molar-refractivity contribution in [1.29, 1.82) is 0 Å². The maximum absolute atomic E-state index is 5.19. The molecule has 0 aromatic carbocycles. The van der Waals surface area contributed by atoms with Crippen LogP contribution in [0.1, 0.15) is 0 Å². The highest BCUT2D eigenvalue weighted by Crippen LogP contribution is 2.12. The van der Waals surface area contributed by atoms with Gasteiger partial charge in [0.05, 0.1) is 10.1 Å². The van der Waals surface area contributed by atoms with Crippen LogP contribution in [-0.4, -0.2) is 0 Å². The van der Waals surface area contributed by atoms with Gasteiger partial charge in [-0.1, -0.05) is 67.2 Å². The summed E-state index contributed by atoms with van der Waals surface area (Å²) in [5.41, 5.74) is 0. The minimum absolute atomic E-state index is 0.302. The van der Waals surface area contributed by atoms with E-state index in [1.807, 2.05) is 0 Å². The first-order valence-electron chi connectivity index (χ1n) is 2.57. The summed E-state index contributed by atoms with van der Waals surface area (Å²) < 4.78 is 0. The standard InChI is InChI=1S/C4H4Cl2.C4H5Cl/c1-3(5)4(2)6;1-3-4(2)5/h1-2H2;3H,1-2H2. The molecule has 0 nitrogen and oxygen atoms in total. The summed E-state index contributed by atoms with van der Waals surface area (Å²) in [5, 5.41) is 1.10. The van der Waals surface area contributed by atoms with Crippen LogP contribution in [0.4, 0.5) is 0 Å². The molecule has 11 heavy (non-hydrogen) atoms. The minimum atomic E-state index is 0.302. The zero-order chi connectivity index (χ0) is 9.44. The lowest BCUT2D eigenvalue weighted by Gasteiger charge is -1.81. The number of hydrogen-bond acceptors (Lipinski definition) is 0. The summed E-state index contributed by atoms with van der Waals surface area (Å²) in [6.45, 7) is 13.2. The molecule has 0 unspecified atom stereocenters. The van der Waals surface area contributed by atoms with Gasteiger partial charge >= 0.3 is 0 Å². The Kier molecular flexibility index (Phi) is 9.68. The van der Waals surface area contributed by atoms with E-state index in [-0.39, 0.29) is 0 Å². The van der Waals surface area contributed by atoms with Crippen LogP contribution in [0.15, 0.2) is 47.5 Å². The van der Waals surface area contributed by atoms with Gasteiger partial charge in [0.25, 0.3) is 0 Å². The minimum Gasteiger partial charge on any atom is -0.0976 e. The Balaban J connectivity index is 0. The Morgan fingerprint density at radius 3 is 1.09 bits per heavy atom. The maximum Gasteiger partial charge on any atom is 0.0514 e. The molecule has 62 valence electrons. The normalized spacial score (nSPS) is 7.18. The largest absolute Gasteiger partial charge is 0.0976 e. The Hall–Kier alpha value is -0.170. The average Bonchev–Trinajstić information content (AvgIpc) is 1.89. The van der Waals surface area contributed by atoms with Gasteiger partial charge in [-0.25, -0.2) is 0 Å². The molecule has 0 N–H and O–H groups in total. The summed E-state index contributed by atoms with van der Waals surface area (Å²) >= 11 is 15.5. The lowest BCUT2D eigenvalue weighted by molar-refractivity contribution is 1.94. The highest BCUT2D eigenvalue weighted by Gasteiger charge is 1.84. The van der Waals surface area contributed by atoms with Gasteiger partial charge in [0.15, 0.2) is 0 Å². The molecule has 0 aliphatic heterocycles. The van der Waals surface area contributed by atoms with E-state index >= 15 is 0 Å². The Morgan fingerprint density at radius 2 is 1.09 bits per heavy atom. The van der Waals surface area contributed by atoms with E-state index in [4.69, 9.17) is 34.8 Å². The lowest BCUT2D eigenvalue weighted by atomic mass is 10.6. The van der Waals surface area contributed by atoms with Crippen molar-refractivity contribution in [3.05, 3.63) is 47.5 Å². The van der Waals surface area contributed by atoms with Crippen LogP contribution in [0.3, 0.4) is 0 Å². The second-order valence-corrected chi connectivity index (χ2v) is 2.86. The smallest absolute Gasteiger partial charge is 0.0514 e. The van der Waals surface area contributed by atoms with Gasteiger partial charge in [-0.05, 0) is 0 Å². The van der Waals surface area contributed by atoms with E-state index in [1.165, 1.54) is 6.08 Å². The molecule has 0 saturated carbocycles. The van der Waals surface area contributed by atoms with E-state index in [9.17, 15) is 0 Å². The summed E-state index contributed by atoms with van der Waals surface area (Å²) in [7, 11) is 0. The van der Waals surface area contributed by atoms with Crippen LogP contribution in [0.25, 0.3) is 0 Å². The van der Waals surface area contributed by atoms with Gasteiger partial charge < -0.3 is 0 Å². The molecule has 0 radical (unpaired) electrons. The van der Waals surface area contributed by atoms with Crippen molar-refractivity contribution in [1.82, 2.24) is 0 Å². The van der Waals surface area contributed by atoms with E-state index in [1.54, 1.807) is 0 Å². The molecular formula is C8H9Cl3. The first kappa shape index (κ1) is 13.4. The predicted octanol–water partition coefficient (Wildman–Crippen LogP) is 4.42. The molecule has 0 atom stereocenters. The highest BCUT2D eigenvalue weighted by atomic mass is 35.5. The van der Waals surface area contributed by atoms with E-state index in [2.05, 4.69) is 26.3 Å². The molecule has 0 saturated heterocycles. The molecule has 0 rings (SSSR count). The van der Waals surface area contributed by atoms with Crippen LogP contribution in [0.5, 0.6) is 0 Å². The zero-order valence-corrected chi connectivity index (χ0v) is 8.31. The monoisotopic (exact) mass is 210 g/mol. The SMILES string of the molecule is C=C(Cl)C(=C)Cl.C=CC(=C)Cl. The molecule has 0 bridgehead atoms. The van der Waals surface area contributed by atoms with Gasteiger partial charge in [0, 0.05) is 5.03 Å². The third kappa shape index (κ3) is 17.7. The van der Waals surface area contributed by atoms with Crippen molar-refractivity contribution in [2.45, 2.75) is 0 Å². The number of halogens is 3. The third-order valence-corrected chi connectivity index (χ3v) is 1.22. The molecule has 0 aromatic heterocycles. The highest BCUT2D eigenvalue weighted by molar-refractivity contribution is 6.43. The second-order valence-electron chi connectivity index (χ2n) is 1.46. The zero-order valence-electron chi connectivity index (χ0n) is 6.04. The fraction of sp³-hybridized carbons (Fsp3) is 0. The van der Waals surface area contributed by atoms with Crippen molar-refractivity contribution in [2.24, 2.45) is 0 Å². The van der Waals surface area contributed by atoms with Crippen LogP contribution < -0.4 is 0 Å². The topological polar surface area (TPSA) is 0 Å². The Bertz CT molecular complexity index is 168.